The summed E-state index contributed by atoms with van der Waals surface area (Å²) in [7, 11) is 0. The molecule has 0 saturated carbocycles. The van der Waals surface area contributed by atoms with Gasteiger partial charge in [-0.25, -0.2) is 14.2 Å². The van der Waals surface area contributed by atoms with Crippen molar-refractivity contribution < 1.29 is 27.5 Å². The molecule has 7 heteroatoms. The Kier molecular flexibility index (Phi) is 3.44. The van der Waals surface area contributed by atoms with Crippen LogP contribution in [-0.4, -0.2) is 16.1 Å². The molecule has 20 heavy (non-hydrogen) atoms. The minimum atomic E-state index is -4.84. The Morgan fingerprint density at radius 2 is 1.70 bits per heavy atom. The molecule has 0 unspecified atom stereocenters. The summed E-state index contributed by atoms with van der Waals surface area (Å²) in [5.41, 5.74) is -2.04. The maximum absolute atomic E-state index is 12.8. The van der Waals surface area contributed by atoms with Gasteiger partial charge in [-0.1, -0.05) is 12.1 Å². The number of alkyl halides is 3. The van der Waals surface area contributed by atoms with Gasteiger partial charge in [0.25, 0.3) is 0 Å². The van der Waals surface area contributed by atoms with Crippen molar-refractivity contribution in [3.63, 3.8) is 0 Å². The quantitative estimate of drug-likeness (QED) is 0.858. The summed E-state index contributed by atoms with van der Waals surface area (Å²) >= 11 is 0. The van der Waals surface area contributed by atoms with Crippen LogP contribution in [0.15, 0.2) is 36.5 Å². The van der Waals surface area contributed by atoms with Crippen molar-refractivity contribution in [2.75, 3.05) is 0 Å². The van der Waals surface area contributed by atoms with Crippen LogP contribution in [0.5, 0.6) is 0 Å². The minimum Gasteiger partial charge on any atom is -0.476 e. The van der Waals surface area contributed by atoms with Crippen LogP contribution in [0.2, 0.25) is 0 Å². The van der Waals surface area contributed by atoms with Gasteiger partial charge in [-0.15, -0.1) is 0 Å². The predicted octanol–water partition coefficient (Wildman–Crippen LogP) is 3.60. The zero-order chi connectivity index (χ0) is 14.9. The summed E-state index contributed by atoms with van der Waals surface area (Å²) in [6, 6.07) is 5.44. The summed E-state index contributed by atoms with van der Waals surface area (Å²) < 4.78 is 51.2. The second-order valence-electron chi connectivity index (χ2n) is 3.93. The molecule has 0 spiro atoms. The Labute approximate surface area is 110 Å². The highest BCUT2D eigenvalue weighted by atomic mass is 19.4. The van der Waals surface area contributed by atoms with Crippen molar-refractivity contribution in [1.82, 2.24) is 4.98 Å². The lowest BCUT2D eigenvalue weighted by atomic mass is 10.0. The molecule has 0 aliphatic carbocycles. The summed E-state index contributed by atoms with van der Waals surface area (Å²) in [5, 5.41) is 8.71. The molecule has 1 aromatic heterocycles. The molecule has 0 bridgehead atoms. The van der Waals surface area contributed by atoms with E-state index in [2.05, 4.69) is 4.98 Å². The summed E-state index contributed by atoms with van der Waals surface area (Å²) in [6.45, 7) is 0. The molecular weight excluding hydrogens is 278 g/mol. The van der Waals surface area contributed by atoms with E-state index in [1.165, 1.54) is 12.1 Å². The van der Waals surface area contributed by atoms with Gasteiger partial charge in [-0.3, -0.25) is 0 Å². The molecule has 3 nitrogen and oxygen atoms in total. The van der Waals surface area contributed by atoms with E-state index in [0.717, 1.165) is 18.3 Å². The first-order chi connectivity index (χ1) is 9.29. The highest BCUT2D eigenvalue weighted by molar-refractivity contribution is 5.88. The van der Waals surface area contributed by atoms with Crippen molar-refractivity contribution in [3.05, 3.63) is 53.6 Å². The zero-order valence-corrected chi connectivity index (χ0v) is 9.78. The third-order valence-electron chi connectivity index (χ3n) is 2.57. The lowest BCUT2D eigenvalue weighted by molar-refractivity contribution is -0.138. The second kappa shape index (κ2) is 4.92. The number of hydrogen-bond acceptors (Lipinski definition) is 2. The van der Waals surface area contributed by atoms with E-state index in [1.54, 1.807) is 0 Å². The molecule has 1 N–H and O–H groups in total. The Balaban J connectivity index is 2.58. The number of rotatable bonds is 2. The number of pyridine rings is 1. The molecule has 0 saturated heterocycles. The van der Waals surface area contributed by atoms with Crippen LogP contribution in [0.3, 0.4) is 0 Å². The number of hydrogen-bond donors (Lipinski definition) is 1. The number of benzene rings is 1. The number of aromatic nitrogens is 1. The van der Waals surface area contributed by atoms with E-state index in [-0.39, 0.29) is 5.56 Å². The van der Waals surface area contributed by atoms with E-state index in [0.29, 0.717) is 11.6 Å². The highest BCUT2D eigenvalue weighted by Gasteiger charge is 2.36. The van der Waals surface area contributed by atoms with Gasteiger partial charge in [-0.05, 0) is 23.8 Å². The van der Waals surface area contributed by atoms with Gasteiger partial charge in [0.05, 0.1) is 5.56 Å². The summed E-state index contributed by atoms with van der Waals surface area (Å²) in [6.07, 6.45) is -3.83. The second-order valence-corrected chi connectivity index (χ2v) is 3.93. The van der Waals surface area contributed by atoms with Crippen molar-refractivity contribution in [1.29, 1.82) is 0 Å². The Morgan fingerprint density at radius 1 is 1.10 bits per heavy atom. The number of halogens is 4. The average molecular weight is 285 g/mol. The molecule has 0 radical (unpaired) electrons. The van der Waals surface area contributed by atoms with Crippen LogP contribution < -0.4 is 0 Å². The molecule has 2 rings (SSSR count). The number of carboxylic acid groups (broad SMARTS) is 1. The fourth-order valence-electron chi connectivity index (χ4n) is 1.65. The van der Waals surface area contributed by atoms with Gasteiger partial charge < -0.3 is 5.11 Å². The first-order valence-corrected chi connectivity index (χ1v) is 5.35. The first kappa shape index (κ1) is 14.0. The molecule has 0 aliphatic heterocycles. The minimum absolute atomic E-state index is 0.0577. The summed E-state index contributed by atoms with van der Waals surface area (Å²) in [4.78, 5) is 14.1. The fourth-order valence-corrected chi connectivity index (χ4v) is 1.65. The van der Waals surface area contributed by atoms with Crippen LogP contribution >= 0.6 is 0 Å². The average Bonchev–Trinajstić information content (AvgIpc) is 2.38. The molecule has 1 aromatic carbocycles. The molecule has 0 amide bonds. The van der Waals surface area contributed by atoms with E-state index in [4.69, 9.17) is 5.11 Å². The van der Waals surface area contributed by atoms with Gasteiger partial charge in [0.15, 0.2) is 5.69 Å². The fraction of sp³-hybridized carbons (Fsp3) is 0.0769. The molecule has 2 aromatic rings. The number of nitrogens with zero attached hydrogens (tertiary/aromatic N) is 1. The van der Waals surface area contributed by atoms with Gasteiger partial charge in [0.2, 0.25) is 0 Å². The lowest BCUT2D eigenvalue weighted by Crippen LogP contribution is -2.14. The van der Waals surface area contributed by atoms with Crippen molar-refractivity contribution >= 4 is 5.97 Å². The molecular formula is C13H7F4NO2. The molecule has 0 fully saturated rings. The summed E-state index contributed by atoms with van der Waals surface area (Å²) in [5.74, 6) is -2.29. The van der Waals surface area contributed by atoms with Crippen molar-refractivity contribution in [2.24, 2.45) is 0 Å². The maximum Gasteiger partial charge on any atom is 0.418 e. The molecule has 0 atom stereocenters. The number of carbonyl (C=O) groups is 1. The molecule has 104 valence electrons. The molecule has 1 heterocycles. The van der Waals surface area contributed by atoms with Crippen molar-refractivity contribution in [2.45, 2.75) is 6.18 Å². The van der Waals surface area contributed by atoms with E-state index < -0.39 is 29.2 Å². The van der Waals surface area contributed by atoms with Crippen LogP contribution in [0.25, 0.3) is 11.1 Å². The molecule has 0 aliphatic rings. The van der Waals surface area contributed by atoms with Gasteiger partial charge in [0, 0.05) is 11.8 Å². The first-order valence-electron chi connectivity index (χ1n) is 5.35. The highest BCUT2D eigenvalue weighted by Crippen LogP contribution is 2.34. The van der Waals surface area contributed by atoms with Crippen LogP contribution in [0.1, 0.15) is 16.1 Å². The monoisotopic (exact) mass is 285 g/mol. The zero-order valence-electron chi connectivity index (χ0n) is 9.78. The van der Waals surface area contributed by atoms with Crippen LogP contribution in [0.4, 0.5) is 17.6 Å². The Hall–Kier alpha value is -2.44. The van der Waals surface area contributed by atoms with Crippen LogP contribution in [0, 0.1) is 5.82 Å². The van der Waals surface area contributed by atoms with Crippen molar-refractivity contribution in [3.8, 4) is 11.1 Å². The normalized spacial score (nSPS) is 11.4. The lowest BCUT2D eigenvalue weighted by Gasteiger charge is -2.11. The third-order valence-corrected chi connectivity index (χ3v) is 2.57. The SMILES string of the molecule is O=C(O)c1ncc(-c2ccc(F)cc2)cc1C(F)(F)F. The number of carboxylic acids is 1. The van der Waals surface area contributed by atoms with E-state index in [9.17, 15) is 22.4 Å². The van der Waals surface area contributed by atoms with Crippen LogP contribution in [-0.2, 0) is 6.18 Å². The van der Waals surface area contributed by atoms with Gasteiger partial charge in [0.1, 0.15) is 5.82 Å². The van der Waals surface area contributed by atoms with Gasteiger partial charge in [-0.2, -0.15) is 13.2 Å². The smallest absolute Gasteiger partial charge is 0.418 e. The van der Waals surface area contributed by atoms with E-state index >= 15 is 0 Å². The maximum atomic E-state index is 12.8. The van der Waals surface area contributed by atoms with Gasteiger partial charge >= 0.3 is 12.1 Å². The standard InChI is InChI=1S/C13H7F4NO2/c14-9-3-1-7(2-4-9)8-5-10(13(15,16)17)11(12(19)20)18-6-8/h1-6H,(H,19,20). The van der Waals surface area contributed by atoms with E-state index in [1.807, 2.05) is 0 Å². The number of aromatic carboxylic acids is 1. The third kappa shape index (κ3) is 2.76. The Morgan fingerprint density at radius 3 is 2.20 bits per heavy atom. The largest absolute Gasteiger partial charge is 0.476 e. The topological polar surface area (TPSA) is 50.2 Å². The predicted molar refractivity (Wildman–Crippen MR) is 61.6 cm³/mol. The Bertz CT molecular complexity index is 650.